The van der Waals surface area contributed by atoms with Crippen molar-refractivity contribution in [2.24, 2.45) is 0 Å². The normalized spacial score (nSPS) is 18.1. The van der Waals surface area contributed by atoms with Gasteiger partial charge >= 0.3 is 0 Å². The second kappa shape index (κ2) is 8.62. The monoisotopic (exact) mass is 338 g/mol. The van der Waals surface area contributed by atoms with Crippen molar-refractivity contribution in [3.05, 3.63) is 60.8 Å². The van der Waals surface area contributed by atoms with E-state index >= 15 is 0 Å². The van der Waals surface area contributed by atoms with E-state index in [-0.39, 0.29) is 6.04 Å². The number of hydrogen-bond acceptors (Lipinski definition) is 5. The first-order valence-electron chi connectivity index (χ1n) is 8.87. The van der Waals surface area contributed by atoms with Gasteiger partial charge in [-0.1, -0.05) is 36.4 Å². The fourth-order valence-corrected chi connectivity index (χ4v) is 3.20. The summed E-state index contributed by atoms with van der Waals surface area (Å²) in [5, 5.41) is 3.40. The Kier molecular flexibility index (Phi) is 6.01. The fourth-order valence-electron chi connectivity index (χ4n) is 3.20. The van der Waals surface area contributed by atoms with Gasteiger partial charge in [0.2, 0.25) is 5.95 Å². The lowest BCUT2D eigenvalue weighted by molar-refractivity contribution is 0.147. The molecule has 1 aromatic carbocycles. The van der Waals surface area contributed by atoms with E-state index in [2.05, 4.69) is 40.8 Å². The van der Waals surface area contributed by atoms with E-state index in [1.54, 1.807) is 6.08 Å². The number of nitrogens with one attached hydrogen (secondary N) is 1. The van der Waals surface area contributed by atoms with E-state index in [9.17, 15) is 0 Å². The van der Waals surface area contributed by atoms with Crippen molar-refractivity contribution in [2.75, 3.05) is 30.0 Å². The van der Waals surface area contributed by atoms with Crippen LogP contribution in [0, 0.1) is 0 Å². The summed E-state index contributed by atoms with van der Waals surface area (Å²) < 4.78 is 5.65. The Labute approximate surface area is 149 Å². The quantitative estimate of drug-likeness (QED) is 0.586. The molecule has 5 nitrogen and oxygen atoms in total. The first kappa shape index (κ1) is 17.4. The smallest absolute Gasteiger partial charge is 0.225 e. The number of aromatic nitrogens is 2. The topological polar surface area (TPSA) is 50.3 Å². The molecule has 1 aliphatic heterocycles. The van der Waals surface area contributed by atoms with Gasteiger partial charge in [0.1, 0.15) is 5.82 Å². The molecule has 2 heterocycles. The molecule has 0 aliphatic carbocycles. The van der Waals surface area contributed by atoms with Crippen molar-refractivity contribution in [1.82, 2.24) is 9.97 Å². The summed E-state index contributed by atoms with van der Waals surface area (Å²) in [6.07, 6.45) is 5.90. The molecule has 3 rings (SSSR count). The Bertz CT molecular complexity index is 676. The maximum absolute atomic E-state index is 5.65. The molecule has 0 bridgehead atoms. The van der Waals surface area contributed by atoms with E-state index in [1.807, 2.05) is 30.5 Å². The molecule has 0 spiro atoms. The van der Waals surface area contributed by atoms with Crippen molar-refractivity contribution in [2.45, 2.75) is 31.8 Å². The molecule has 1 aromatic heterocycles. The van der Waals surface area contributed by atoms with Crippen molar-refractivity contribution in [1.29, 1.82) is 0 Å². The SMILES string of the molecule is C=CCOC[C@@H]1CCCN1c1ccnc(N[C@@H](C)c2ccccc2)n1. The van der Waals surface area contributed by atoms with Gasteiger partial charge in [0, 0.05) is 12.7 Å². The van der Waals surface area contributed by atoms with Crippen LogP contribution >= 0.6 is 0 Å². The molecule has 0 saturated carbocycles. The van der Waals surface area contributed by atoms with Crippen LogP contribution in [0.2, 0.25) is 0 Å². The highest BCUT2D eigenvalue weighted by molar-refractivity contribution is 5.45. The van der Waals surface area contributed by atoms with Gasteiger partial charge in [0.25, 0.3) is 0 Å². The lowest BCUT2D eigenvalue weighted by Crippen LogP contribution is -2.34. The Balaban J connectivity index is 1.67. The van der Waals surface area contributed by atoms with Gasteiger partial charge in [-0.15, -0.1) is 6.58 Å². The highest BCUT2D eigenvalue weighted by Gasteiger charge is 2.26. The molecule has 1 aliphatic rings. The molecule has 0 radical (unpaired) electrons. The summed E-state index contributed by atoms with van der Waals surface area (Å²) >= 11 is 0. The van der Waals surface area contributed by atoms with Gasteiger partial charge in [-0.25, -0.2) is 4.98 Å². The van der Waals surface area contributed by atoms with Crippen molar-refractivity contribution < 1.29 is 4.74 Å². The van der Waals surface area contributed by atoms with Crippen LogP contribution in [-0.2, 0) is 4.74 Å². The number of hydrogen-bond donors (Lipinski definition) is 1. The standard InChI is InChI=1S/C20H26N4O/c1-3-14-25-15-18-10-7-13-24(18)19-11-12-21-20(23-19)22-16(2)17-8-5-4-6-9-17/h3-6,8-9,11-12,16,18H,1,7,10,13-15H2,2H3,(H,21,22,23)/t16-,18-/m0/s1. The Morgan fingerprint density at radius 2 is 2.20 bits per heavy atom. The van der Waals surface area contributed by atoms with Gasteiger partial charge in [0.15, 0.2) is 0 Å². The van der Waals surface area contributed by atoms with Crippen LogP contribution in [0.15, 0.2) is 55.3 Å². The molecule has 132 valence electrons. The largest absolute Gasteiger partial charge is 0.375 e. The average molecular weight is 338 g/mol. The van der Waals surface area contributed by atoms with E-state index in [0.717, 1.165) is 25.2 Å². The summed E-state index contributed by atoms with van der Waals surface area (Å²) in [6.45, 7) is 8.12. The van der Waals surface area contributed by atoms with E-state index in [1.165, 1.54) is 5.56 Å². The van der Waals surface area contributed by atoms with Gasteiger partial charge in [0.05, 0.1) is 25.3 Å². The summed E-state index contributed by atoms with van der Waals surface area (Å²) in [5.41, 5.74) is 1.22. The molecule has 0 amide bonds. The van der Waals surface area contributed by atoms with Crippen LogP contribution in [0.4, 0.5) is 11.8 Å². The predicted molar refractivity (Wildman–Crippen MR) is 102 cm³/mol. The van der Waals surface area contributed by atoms with E-state index in [4.69, 9.17) is 9.72 Å². The minimum atomic E-state index is 0.154. The second-order valence-electron chi connectivity index (χ2n) is 6.33. The van der Waals surface area contributed by atoms with Crippen LogP contribution in [0.5, 0.6) is 0 Å². The van der Waals surface area contributed by atoms with Crippen LogP contribution in [0.3, 0.4) is 0 Å². The number of nitrogens with zero attached hydrogens (tertiary/aromatic N) is 3. The molecule has 1 fully saturated rings. The predicted octanol–water partition coefficient (Wildman–Crippen LogP) is 3.82. The molecule has 0 unspecified atom stereocenters. The lowest BCUT2D eigenvalue weighted by atomic mass is 10.1. The molecule has 1 saturated heterocycles. The Hall–Kier alpha value is -2.40. The number of benzene rings is 1. The maximum Gasteiger partial charge on any atom is 0.225 e. The summed E-state index contributed by atoms with van der Waals surface area (Å²) in [4.78, 5) is 11.4. The zero-order valence-corrected chi connectivity index (χ0v) is 14.8. The molecule has 1 N–H and O–H groups in total. The average Bonchev–Trinajstić information content (AvgIpc) is 3.11. The number of ether oxygens (including phenoxy) is 1. The first-order chi connectivity index (χ1) is 12.3. The van der Waals surface area contributed by atoms with Crippen LogP contribution in [-0.4, -0.2) is 35.8 Å². The van der Waals surface area contributed by atoms with Gasteiger partial charge in [-0.3, -0.25) is 0 Å². The highest BCUT2D eigenvalue weighted by atomic mass is 16.5. The lowest BCUT2D eigenvalue weighted by Gasteiger charge is -2.26. The number of anilines is 2. The number of rotatable bonds is 8. The van der Waals surface area contributed by atoms with Crippen molar-refractivity contribution >= 4 is 11.8 Å². The molecular weight excluding hydrogens is 312 g/mol. The van der Waals surface area contributed by atoms with Gasteiger partial charge in [-0.2, -0.15) is 4.98 Å². The van der Waals surface area contributed by atoms with Crippen molar-refractivity contribution in [3.8, 4) is 0 Å². The Morgan fingerprint density at radius 3 is 3.00 bits per heavy atom. The molecular formula is C20H26N4O. The van der Waals surface area contributed by atoms with Crippen molar-refractivity contribution in [3.63, 3.8) is 0 Å². The maximum atomic E-state index is 5.65. The van der Waals surface area contributed by atoms with Crippen LogP contribution in [0.1, 0.15) is 31.4 Å². The van der Waals surface area contributed by atoms with E-state index in [0.29, 0.717) is 25.2 Å². The van der Waals surface area contributed by atoms with Crippen LogP contribution in [0.25, 0.3) is 0 Å². The highest BCUT2D eigenvalue weighted by Crippen LogP contribution is 2.25. The fraction of sp³-hybridized carbons (Fsp3) is 0.400. The minimum Gasteiger partial charge on any atom is -0.375 e. The van der Waals surface area contributed by atoms with Gasteiger partial charge in [-0.05, 0) is 31.4 Å². The third-order valence-electron chi connectivity index (χ3n) is 4.50. The molecule has 25 heavy (non-hydrogen) atoms. The third-order valence-corrected chi connectivity index (χ3v) is 4.50. The zero-order valence-electron chi connectivity index (χ0n) is 14.8. The van der Waals surface area contributed by atoms with E-state index < -0.39 is 0 Å². The Morgan fingerprint density at radius 1 is 1.36 bits per heavy atom. The second-order valence-corrected chi connectivity index (χ2v) is 6.33. The zero-order chi connectivity index (χ0) is 17.5. The van der Waals surface area contributed by atoms with Gasteiger partial charge < -0.3 is 15.0 Å². The molecule has 2 aromatic rings. The molecule has 2 atom stereocenters. The third kappa shape index (κ3) is 4.57. The minimum absolute atomic E-state index is 0.154. The first-order valence-corrected chi connectivity index (χ1v) is 8.87. The van der Waals surface area contributed by atoms with Crippen LogP contribution < -0.4 is 10.2 Å². The summed E-state index contributed by atoms with van der Waals surface area (Å²) in [7, 11) is 0. The summed E-state index contributed by atoms with van der Waals surface area (Å²) in [5.74, 6) is 1.62. The summed E-state index contributed by atoms with van der Waals surface area (Å²) in [6, 6.07) is 12.8. The molecule has 5 heteroatoms.